The highest BCUT2D eigenvalue weighted by atomic mass is 32.2. The fraction of sp³-hybridized carbons (Fsp3) is 0.941. The Hall–Kier alpha value is -0.460. The Labute approximate surface area is 146 Å². The third-order valence-electron chi connectivity index (χ3n) is 4.97. The molecule has 0 spiro atoms. The summed E-state index contributed by atoms with van der Waals surface area (Å²) >= 11 is 2.11. The zero-order valence-electron chi connectivity index (χ0n) is 15.4. The van der Waals surface area contributed by atoms with Gasteiger partial charge in [-0.25, -0.2) is 0 Å². The van der Waals surface area contributed by atoms with Crippen LogP contribution in [0.5, 0.6) is 0 Å². The van der Waals surface area contributed by atoms with Gasteiger partial charge >= 0.3 is 0 Å². The van der Waals surface area contributed by atoms with Gasteiger partial charge in [-0.1, -0.05) is 20.8 Å². The normalized spacial score (nSPS) is 25.2. The summed E-state index contributed by atoms with van der Waals surface area (Å²) in [6, 6.07) is 0. The van der Waals surface area contributed by atoms with E-state index >= 15 is 0 Å². The molecule has 1 atom stereocenters. The first-order chi connectivity index (χ1) is 11.1. The number of hydrogen-bond acceptors (Lipinski definition) is 4. The van der Waals surface area contributed by atoms with E-state index in [-0.39, 0.29) is 0 Å². The van der Waals surface area contributed by atoms with Crippen molar-refractivity contribution in [2.75, 3.05) is 71.7 Å². The molecule has 1 unspecified atom stereocenters. The minimum absolute atomic E-state index is 0.726. The maximum absolute atomic E-state index is 4.51. The predicted molar refractivity (Wildman–Crippen MR) is 103 cm³/mol. The van der Waals surface area contributed by atoms with Gasteiger partial charge in [-0.05, 0) is 12.5 Å². The molecule has 0 radical (unpaired) electrons. The zero-order valence-corrected chi connectivity index (χ0v) is 16.2. The fourth-order valence-corrected chi connectivity index (χ4v) is 4.56. The highest BCUT2D eigenvalue weighted by Gasteiger charge is 2.24. The number of hydrogen-bond donors (Lipinski definition) is 1. The van der Waals surface area contributed by atoms with Crippen molar-refractivity contribution in [3.8, 4) is 0 Å². The van der Waals surface area contributed by atoms with Crippen LogP contribution in [0.25, 0.3) is 0 Å². The van der Waals surface area contributed by atoms with E-state index in [9.17, 15) is 0 Å². The lowest BCUT2D eigenvalue weighted by Crippen LogP contribution is -2.51. The summed E-state index contributed by atoms with van der Waals surface area (Å²) in [5, 5.41) is 4.31. The van der Waals surface area contributed by atoms with Gasteiger partial charge in [0.05, 0.1) is 0 Å². The minimum Gasteiger partial charge on any atom is -0.355 e. The Kier molecular flexibility index (Phi) is 7.99. The standard InChI is InChI=1S/C17H35N5S/c1-5-20-8-10-21(11-9-20)7-6-19-17(18-4)22-12-13-23-16(14-22)15(2)3/h15-16H,5-14H2,1-4H3,(H,18,19). The summed E-state index contributed by atoms with van der Waals surface area (Å²) in [5.41, 5.74) is 0. The molecule has 0 bridgehead atoms. The minimum atomic E-state index is 0.726. The molecule has 0 aromatic heterocycles. The first-order valence-electron chi connectivity index (χ1n) is 9.16. The van der Waals surface area contributed by atoms with Crippen LogP contribution >= 0.6 is 11.8 Å². The van der Waals surface area contributed by atoms with E-state index in [1.807, 2.05) is 7.05 Å². The Bertz CT molecular complexity index is 366. The number of likely N-dealkylation sites (N-methyl/N-ethyl adjacent to an activating group) is 1. The Morgan fingerprint density at radius 3 is 2.48 bits per heavy atom. The van der Waals surface area contributed by atoms with Crippen molar-refractivity contribution in [3.63, 3.8) is 0 Å². The van der Waals surface area contributed by atoms with Crippen LogP contribution in [0.2, 0.25) is 0 Å². The first-order valence-corrected chi connectivity index (χ1v) is 10.2. The summed E-state index contributed by atoms with van der Waals surface area (Å²) in [6.07, 6.45) is 0. The van der Waals surface area contributed by atoms with Crippen LogP contribution in [0.15, 0.2) is 4.99 Å². The molecule has 6 heteroatoms. The molecule has 1 N–H and O–H groups in total. The lowest BCUT2D eigenvalue weighted by Gasteiger charge is -2.37. The maximum Gasteiger partial charge on any atom is 0.193 e. The van der Waals surface area contributed by atoms with Gasteiger partial charge in [0, 0.05) is 70.4 Å². The van der Waals surface area contributed by atoms with Crippen LogP contribution < -0.4 is 5.32 Å². The van der Waals surface area contributed by atoms with Gasteiger partial charge in [0.1, 0.15) is 0 Å². The van der Waals surface area contributed by atoms with Crippen molar-refractivity contribution in [1.82, 2.24) is 20.0 Å². The van der Waals surface area contributed by atoms with E-state index < -0.39 is 0 Å². The van der Waals surface area contributed by atoms with Crippen molar-refractivity contribution in [2.24, 2.45) is 10.9 Å². The van der Waals surface area contributed by atoms with E-state index in [2.05, 4.69) is 57.5 Å². The van der Waals surface area contributed by atoms with Gasteiger partial charge in [0.15, 0.2) is 5.96 Å². The second-order valence-electron chi connectivity index (χ2n) is 6.85. The number of aliphatic imine (C=N–C) groups is 1. The number of guanidine groups is 1. The molecule has 0 saturated carbocycles. The van der Waals surface area contributed by atoms with E-state index in [0.29, 0.717) is 0 Å². The molecule has 2 saturated heterocycles. The van der Waals surface area contributed by atoms with E-state index in [4.69, 9.17) is 0 Å². The average Bonchev–Trinajstić information content (AvgIpc) is 2.59. The Balaban J connectivity index is 1.71. The van der Waals surface area contributed by atoms with Crippen molar-refractivity contribution in [2.45, 2.75) is 26.0 Å². The fourth-order valence-electron chi connectivity index (χ4n) is 3.26. The molecule has 2 rings (SSSR count). The molecule has 134 valence electrons. The largest absolute Gasteiger partial charge is 0.355 e. The van der Waals surface area contributed by atoms with Crippen LogP contribution in [0.1, 0.15) is 20.8 Å². The van der Waals surface area contributed by atoms with Gasteiger partial charge in [0.2, 0.25) is 0 Å². The van der Waals surface area contributed by atoms with Gasteiger partial charge in [-0.2, -0.15) is 11.8 Å². The number of nitrogens with one attached hydrogen (secondary N) is 1. The second-order valence-corrected chi connectivity index (χ2v) is 8.20. The Morgan fingerprint density at radius 2 is 1.87 bits per heavy atom. The van der Waals surface area contributed by atoms with Gasteiger partial charge < -0.3 is 15.1 Å². The highest BCUT2D eigenvalue weighted by molar-refractivity contribution is 8.00. The van der Waals surface area contributed by atoms with Gasteiger partial charge in [-0.15, -0.1) is 0 Å². The van der Waals surface area contributed by atoms with Crippen LogP contribution in [0.3, 0.4) is 0 Å². The van der Waals surface area contributed by atoms with Crippen molar-refractivity contribution in [3.05, 3.63) is 0 Å². The summed E-state index contributed by atoms with van der Waals surface area (Å²) in [7, 11) is 1.91. The molecule has 2 heterocycles. The number of thioether (sulfide) groups is 1. The topological polar surface area (TPSA) is 34.1 Å². The monoisotopic (exact) mass is 341 g/mol. The number of nitrogens with zero attached hydrogens (tertiary/aromatic N) is 4. The average molecular weight is 342 g/mol. The quantitative estimate of drug-likeness (QED) is 0.602. The van der Waals surface area contributed by atoms with Crippen LogP contribution in [0, 0.1) is 5.92 Å². The van der Waals surface area contributed by atoms with Crippen LogP contribution in [-0.4, -0.2) is 97.6 Å². The van der Waals surface area contributed by atoms with Gasteiger partial charge in [0.25, 0.3) is 0 Å². The molecule has 0 amide bonds. The van der Waals surface area contributed by atoms with Crippen LogP contribution in [0.4, 0.5) is 0 Å². The summed E-state index contributed by atoms with van der Waals surface area (Å²) in [6.45, 7) is 17.3. The first kappa shape index (κ1) is 18.9. The number of piperazine rings is 1. The molecule has 2 aliphatic heterocycles. The van der Waals surface area contributed by atoms with Crippen molar-refractivity contribution < 1.29 is 0 Å². The third kappa shape index (κ3) is 5.84. The van der Waals surface area contributed by atoms with Crippen molar-refractivity contribution >= 4 is 17.7 Å². The summed E-state index contributed by atoms with van der Waals surface area (Å²) < 4.78 is 0. The third-order valence-corrected chi connectivity index (χ3v) is 6.51. The zero-order chi connectivity index (χ0) is 16.7. The maximum atomic E-state index is 4.51. The van der Waals surface area contributed by atoms with Crippen molar-refractivity contribution in [1.29, 1.82) is 0 Å². The summed E-state index contributed by atoms with van der Waals surface area (Å²) in [4.78, 5) is 12.0. The molecule has 5 nitrogen and oxygen atoms in total. The van der Waals surface area contributed by atoms with Crippen LogP contribution in [-0.2, 0) is 0 Å². The second kappa shape index (κ2) is 9.74. The molecule has 0 aromatic rings. The smallest absolute Gasteiger partial charge is 0.193 e. The van der Waals surface area contributed by atoms with E-state index in [1.54, 1.807) is 0 Å². The molecule has 0 aromatic carbocycles. The lowest BCUT2D eigenvalue weighted by molar-refractivity contribution is 0.139. The Morgan fingerprint density at radius 1 is 1.17 bits per heavy atom. The van der Waals surface area contributed by atoms with E-state index in [0.717, 1.165) is 43.3 Å². The predicted octanol–water partition coefficient (Wildman–Crippen LogP) is 1.27. The molecule has 23 heavy (non-hydrogen) atoms. The SMILES string of the molecule is CCN1CCN(CCNC(=NC)N2CCSC(C(C)C)C2)CC1. The van der Waals surface area contributed by atoms with E-state index in [1.165, 1.54) is 38.5 Å². The molecular formula is C17H35N5S. The highest BCUT2D eigenvalue weighted by Crippen LogP contribution is 2.24. The molecular weight excluding hydrogens is 306 g/mol. The molecule has 0 aliphatic carbocycles. The summed E-state index contributed by atoms with van der Waals surface area (Å²) in [5.74, 6) is 3.03. The number of rotatable bonds is 5. The van der Waals surface area contributed by atoms with Gasteiger partial charge in [-0.3, -0.25) is 9.89 Å². The lowest BCUT2D eigenvalue weighted by atomic mass is 10.1. The molecule has 2 aliphatic rings. The molecule has 2 fully saturated rings.